The summed E-state index contributed by atoms with van der Waals surface area (Å²) in [7, 11) is -3.09. The molecule has 1 aromatic heterocycles. The Morgan fingerprint density at radius 1 is 1.33 bits per heavy atom. The van der Waals surface area contributed by atoms with Crippen LogP contribution in [0.15, 0.2) is 24.3 Å². The van der Waals surface area contributed by atoms with E-state index < -0.39 is 28.3 Å². The average molecular weight is 496 g/mol. The van der Waals surface area contributed by atoms with E-state index in [1.807, 2.05) is 0 Å². The summed E-state index contributed by atoms with van der Waals surface area (Å²) in [5, 5.41) is 7.23. The zero-order chi connectivity index (χ0) is 23.6. The van der Waals surface area contributed by atoms with Gasteiger partial charge in [0.05, 0.1) is 23.2 Å². The Labute approximate surface area is 195 Å². The predicted octanol–water partition coefficient (Wildman–Crippen LogP) is 1.81. The van der Waals surface area contributed by atoms with E-state index >= 15 is 0 Å². The SMILES string of the molecule is Cc1nn(C2CCS(=O)(=O)C2)c(Cl)c1/C=C/C(=O)OCC(=O)NCc1ccc2c(c1)OCO2. The molecule has 0 radical (unpaired) electrons. The third-order valence-electron chi connectivity index (χ3n) is 5.28. The molecule has 0 spiro atoms. The molecule has 4 rings (SSSR count). The summed E-state index contributed by atoms with van der Waals surface area (Å²) in [5.74, 6) is 0.172. The van der Waals surface area contributed by atoms with Gasteiger partial charge in [-0.05, 0) is 37.1 Å². The molecule has 3 heterocycles. The fourth-order valence-corrected chi connectivity index (χ4v) is 5.64. The molecular weight excluding hydrogens is 474 g/mol. The molecular formula is C21H22ClN3O7S. The number of sulfone groups is 1. The molecule has 2 aliphatic heterocycles. The molecule has 0 bridgehead atoms. The maximum Gasteiger partial charge on any atom is 0.331 e. The lowest BCUT2D eigenvalue weighted by Gasteiger charge is -2.09. The van der Waals surface area contributed by atoms with E-state index in [0.29, 0.717) is 29.2 Å². The molecule has 176 valence electrons. The second-order valence-electron chi connectivity index (χ2n) is 7.70. The fourth-order valence-electron chi connectivity index (χ4n) is 3.57. The zero-order valence-electron chi connectivity index (χ0n) is 17.7. The van der Waals surface area contributed by atoms with Gasteiger partial charge < -0.3 is 19.5 Å². The summed E-state index contributed by atoms with van der Waals surface area (Å²) in [6.45, 7) is 1.68. The highest BCUT2D eigenvalue weighted by Crippen LogP contribution is 2.32. The summed E-state index contributed by atoms with van der Waals surface area (Å²) >= 11 is 6.37. The van der Waals surface area contributed by atoms with Crippen molar-refractivity contribution in [3.05, 3.63) is 46.2 Å². The minimum atomic E-state index is -3.09. The molecule has 2 aliphatic rings. The Balaban J connectivity index is 1.27. The molecule has 1 N–H and O–H groups in total. The van der Waals surface area contributed by atoms with Gasteiger partial charge in [-0.25, -0.2) is 17.9 Å². The van der Waals surface area contributed by atoms with Crippen molar-refractivity contribution in [2.24, 2.45) is 0 Å². The van der Waals surface area contributed by atoms with Crippen LogP contribution in [0.5, 0.6) is 11.5 Å². The molecule has 10 nitrogen and oxygen atoms in total. The summed E-state index contributed by atoms with van der Waals surface area (Å²) < 4.78 is 40.4. The van der Waals surface area contributed by atoms with Crippen LogP contribution in [0, 0.1) is 6.92 Å². The predicted molar refractivity (Wildman–Crippen MR) is 119 cm³/mol. The number of esters is 1. The first-order valence-electron chi connectivity index (χ1n) is 10.2. The molecule has 2 aromatic rings. The number of aromatic nitrogens is 2. The second-order valence-corrected chi connectivity index (χ2v) is 10.3. The number of fused-ring (bicyclic) bond motifs is 1. The molecule has 0 saturated carbocycles. The lowest BCUT2D eigenvalue weighted by atomic mass is 10.2. The van der Waals surface area contributed by atoms with Crippen LogP contribution in [0.3, 0.4) is 0 Å². The highest BCUT2D eigenvalue weighted by molar-refractivity contribution is 7.91. The molecule has 1 amide bonds. The molecule has 1 aromatic carbocycles. The maximum absolute atomic E-state index is 12.0. The van der Waals surface area contributed by atoms with Crippen LogP contribution in [0.25, 0.3) is 6.08 Å². The second kappa shape index (κ2) is 9.44. The number of nitrogens with one attached hydrogen (secondary N) is 1. The first-order valence-corrected chi connectivity index (χ1v) is 12.4. The summed E-state index contributed by atoms with van der Waals surface area (Å²) in [6, 6.07) is 5.00. The number of hydrogen-bond acceptors (Lipinski definition) is 8. The normalized spacial score (nSPS) is 18.5. The molecule has 12 heteroatoms. The van der Waals surface area contributed by atoms with Crippen molar-refractivity contribution in [1.29, 1.82) is 0 Å². The number of ether oxygens (including phenoxy) is 3. The highest BCUT2D eigenvalue weighted by Gasteiger charge is 2.31. The van der Waals surface area contributed by atoms with E-state index in [1.54, 1.807) is 25.1 Å². The summed E-state index contributed by atoms with van der Waals surface area (Å²) in [5.41, 5.74) is 1.86. The molecule has 1 unspecified atom stereocenters. The molecule has 0 aliphatic carbocycles. The topological polar surface area (TPSA) is 126 Å². The lowest BCUT2D eigenvalue weighted by Crippen LogP contribution is -2.28. The standard InChI is InChI=1S/C21H22ClN3O7S/c1-13-16(21(22)25(24-13)15-6-7-33(28,29)11-15)3-5-20(27)30-10-19(26)23-9-14-2-4-17-18(8-14)32-12-31-17/h2-5,8,15H,6-7,9-12H2,1H3,(H,23,26)/b5-3+. The largest absolute Gasteiger partial charge is 0.454 e. The summed E-state index contributed by atoms with van der Waals surface area (Å²) in [6.07, 6.45) is 3.03. The molecule has 1 saturated heterocycles. The number of halogens is 1. The maximum atomic E-state index is 12.0. The van der Waals surface area contributed by atoms with Crippen molar-refractivity contribution in [2.75, 3.05) is 24.9 Å². The van der Waals surface area contributed by atoms with Crippen molar-refractivity contribution >= 4 is 39.4 Å². The first kappa shape index (κ1) is 23.1. The number of nitrogens with zero attached hydrogens (tertiary/aromatic N) is 2. The van der Waals surface area contributed by atoms with Crippen LogP contribution in [0.2, 0.25) is 5.15 Å². The van der Waals surface area contributed by atoms with Gasteiger partial charge in [-0.2, -0.15) is 5.10 Å². The minimum absolute atomic E-state index is 0.0135. The van der Waals surface area contributed by atoms with Crippen LogP contribution >= 0.6 is 11.6 Å². The van der Waals surface area contributed by atoms with Gasteiger partial charge in [-0.3, -0.25) is 4.79 Å². The lowest BCUT2D eigenvalue weighted by molar-refractivity contribution is -0.143. The number of carbonyl (C=O) groups is 2. The molecule has 33 heavy (non-hydrogen) atoms. The van der Waals surface area contributed by atoms with Gasteiger partial charge in [-0.1, -0.05) is 17.7 Å². The average Bonchev–Trinajstić information content (AvgIpc) is 3.46. The van der Waals surface area contributed by atoms with Crippen LogP contribution in [-0.4, -0.2) is 55.0 Å². The third kappa shape index (κ3) is 5.48. The Morgan fingerprint density at radius 3 is 2.88 bits per heavy atom. The minimum Gasteiger partial charge on any atom is -0.454 e. The molecule has 1 fully saturated rings. The van der Waals surface area contributed by atoms with Crippen LogP contribution < -0.4 is 14.8 Å². The Bertz CT molecular complexity index is 1220. The van der Waals surface area contributed by atoms with Gasteiger partial charge in [0, 0.05) is 18.2 Å². The van der Waals surface area contributed by atoms with E-state index in [4.69, 9.17) is 25.8 Å². The van der Waals surface area contributed by atoms with E-state index in [1.165, 1.54) is 10.8 Å². The van der Waals surface area contributed by atoms with Gasteiger partial charge in [0.25, 0.3) is 5.91 Å². The number of aryl methyl sites for hydroxylation is 1. The van der Waals surface area contributed by atoms with Crippen molar-refractivity contribution in [3.8, 4) is 11.5 Å². The molecule has 1 atom stereocenters. The highest BCUT2D eigenvalue weighted by atomic mass is 35.5. The van der Waals surface area contributed by atoms with Crippen molar-refractivity contribution in [2.45, 2.75) is 25.9 Å². The van der Waals surface area contributed by atoms with E-state index in [2.05, 4.69) is 10.4 Å². The van der Waals surface area contributed by atoms with Crippen molar-refractivity contribution < 1.29 is 32.2 Å². The number of benzene rings is 1. The number of hydrogen-bond donors (Lipinski definition) is 1. The summed E-state index contributed by atoms with van der Waals surface area (Å²) in [4.78, 5) is 24.0. The smallest absolute Gasteiger partial charge is 0.331 e. The number of amides is 1. The Morgan fingerprint density at radius 2 is 2.12 bits per heavy atom. The van der Waals surface area contributed by atoms with Gasteiger partial charge in [-0.15, -0.1) is 0 Å². The first-order chi connectivity index (χ1) is 15.7. The van der Waals surface area contributed by atoms with E-state index in [9.17, 15) is 18.0 Å². The fraction of sp³-hybridized carbons (Fsp3) is 0.381. The zero-order valence-corrected chi connectivity index (χ0v) is 19.3. The number of carbonyl (C=O) groups excluding carboxylic acids is 2. The quantitative estimate of drug-likeness (QED) is 0.455. The Hall–Kier alpha value is -3.05. The van der Waals surface area contributed by atoms with Crippen LogP contribution in [0.1, 0.15) is 29.3 Å². The Kier molecular flexibility index (Phi) is 6.61. The van der Waals surface area contributed by atoms with Gasteiger partial charge >= 0.3 is 5.97 Å². The monoisotopic (exact) mass is 495 g/mol. The van der Waals surface area contributed by atoms with Crippen molar-refractivity contribution in [1.82, 2.24) is 15.1 Å². The van der Waals surface area contributed by atoms with E-state index in [-0.39, 0.29) is 36.0 Å². The van der Waals surface area contributed by atoms with Gasteiger partial charge in [0.1, 0.15) is 5.15 Å². The third-order valence-corrected chi connectivity index (χ3v) is 7.41. The van der Waals surface area contributed by atoms with Crippen LogP contribution in [-0.2, 0) is 30.7 Å². The van der Waals surface area contributed by atoms with Gasteiger partial charge in [0.15, 0.2) is 27.9 Å². The number of rotatable bonds is 7. The van der Waals surface area contributed by atoms with E-state index in [0.717, 1.165) is 11.6 Å². The van der Waals surface area contributed by atoms with Crippen molar-refractivity contribution in [3.63, 3.8) is 0 Å². The van der Waals surface area contributed by atoms with Crippen LogP contribution in [0.4, 0.5) is 0 Å². The van der Waals surface area contributed by atoms with Gasteiger partial charge in [0.2, 0.25) is 6.79 Å².